The predicted molar refractivity (Wildman–Crippen MR) is 128 cm³/mol. The van der Waals surface area contributed by atoms with E-state index in [1.165, 1.54) is 4.31 Å². The number of amides is 1. The van der Waals surface area contributed by atoms with Crippen molar-refractivity contribution in [2.75, 3.05) is 26.2 Å². The lowest BCUT2D eigenvalue weighted by Gasteiger charge is -2.31. The normalized spacial score (nSPS) is 17.2. The number of hydrogen-bond donors (Lipinski definition) is 1. The number of sulfonamides is 1. The highest BCUT2D eigenvalue weighted by atomic mass is 35.5. The van der Waals surface area contributed by atoms with Crippen LogP contribution in [0.2, 0.25) is 10.0 Å². The first kappa shape index (κ1) is 24.8. The number of halogens is 2. The topological polar surface area (TPSA) is 75.7 Å². The molecule has 2 aromatic rings. The molecule has 0 aromatic heterocycles. The maximum Gasteiger partial charge on any atom is 0.224 e. The molecule has 1 fully saturated rings. The molecule has 0 saturated carbocycles. The highest BCUT2D eigenvalue weighted by Gasteiger charge is 2.32. The van der Waals surface area contributed by atoms with Crippen molar-refractivity contribution in [2.24, 2.45) is 5.92 Å². The number of benzene rings is 2. The molecule has 1 atom stereocenters. The highest BCUT2D eigenvalue weighted by Crippen LogP contribution is 2.26. The van der Waals surface area contributed by atoms with Gasteiger partial charge in [-0.3, -0.25) is 4.79 Å². The third-order valence-corrected chi connectivity index (χ3v) is 8.04. The Morgan fingerprint density at radius 3 is 2.69 bits per heavy atom. The molecule has 0 bridgehead atoms. The summed E-state index contributed by atoms with van der Waals surface area (Å²) in [6.45, 7) is 5.26. The lowest BCUT2D eigenvalue weighted by atomic mass is 9.99. The monoisotopic (exact) mass is 498 g/mol. The summed E-state index contributed by atoms with van der Waals surface area (Å²) < 4.78 is 33.0. The van der Waals surface area contributed by atoms with Gasteiger partial charge in [0.15, 0.2) is 0 Å². The first-order chi connectivity index (χ1) is 15.2. The quantitative estimate of drug-likeness (QED) is 0.549. The number of carbonyl (C=O) groups excluding carboxylic acids is 1. The molecule has 1 heterocycles. The summed E-state index contributed by atoms with van der Waals surface area (Å²) in [7, 11) is -3.58. The molecule has 1 aliphatic heterocycles. The van der Waals surface area contributed by atoms with Crippen LogP contribution in [0.4, 0.5) is 0 Å². The van der Waals surface area contributed by atoms with Crippen molar-refractivity contribution in [1.82, 2.24) is 9.62 Å². The fraction of sp³-hybridized carbons (Fsp3) is 0.435. The molecule has 0 radical (unpaired) electrons. The first-order valence-corrected chi connectivity index (χ1v) is 12.9. The van der Waals surface area contributed by atoms with Crippen LogP contribution in [-0.2, 0) is 20.6 Å². The highest BCUT2D eigenvalue weighted by molar-refractivity contribution is 7.88. The zero-order chi connectivity index (χ0) is 23.3. The number of ether oxygens (including phenoxy) is 1. The van der Waals surface area contributed by atoms with Gasteiger partial charge in [-0.15, -0.1) is 0 Å². The Morgan fingerprint density at radius 1 is 1.16 bits per heavy atom. The molecule has 1 amide bonds. The summed E-state index contributed by atoms with van der Waals surface area (Å²) in [4.78, 5) is 12.6. The minimum absolute atomic E-state index is 0.149. The Balaban J connectivity index is 1.51. The maximum atomic E-state index is 12.9. The molecule has 9 heteroatoms. The van der Waals surface area contributed by atoms with Crippen LogP contribution in [0.3, 0.4) is 0 Å². The number of hydrogen-bond acceptors (Lipinski definition) is 4. The third kappa shape index (κ3) is 6.61. The van der Waals surface area contributed by atoms with E-state index < -0.39 is 10.0 Å². The molecule has 1 saturated heterocycles. The molecular formula is C23H28Cl2N2O4S. The van der Waals surface area contributed by atoms with Crippen LogP contribution < -0.4 is 10.1 Å². The Bertz CT molecular complexity index is 1080. The van der Waals surface area contributed by atoms with Gasteiger partial charge in [-0.05, 0) is 61.6 Å². The number of nitrogens with one attached hydrogen (secondary N) is 1. The molecule has 0 spiro atoms. The van der Waals surface area contributed by atoms with Gasteiger partial charge < -0.3 is 10.1 Å². The average molecular weight is 499 g/mol. The minimum atomic E-state index is -3.58. The SMILES string of the molecule is Cc1ccc(C)c(OCCNC(=O)C2CCCN(S(=O)(=O)Cc3ccc(Cl)c(Cl)c3)C2)c1. The van der Waals surface area contributed by atoms with Crippen molar-refractivity contribution in [3.63, 3.8) is 0 Å². The van der Waals surface area contributed by atoms with Gasteiger partial charge in [0.25, 0.3) is 0 Å². The van der Waals surface area contributed by atoms with Gasteiger partial charge in [-0.2, -0.15) is 0 Å². The summed E-state index contributed by atoms with van der Waals surface area (Å²) in [5.74, 6) is 0.0931. The van der Waals surface area contributed by atoms with Gasteiger partial charge in [0, 0.05) is 13.1 Å². The van der Waals surface area contributed by atoms with Crippen molar-refractivity contribution in [3.05, 3.63) is 63.1 Å². The van der Waals surface area contributed by atoms with Gasteiger partial charge in [-0.1, -0.05) is 41.4 Å². The van der Waals surface area contributed by atoms with Crippen LogP contribution in [0.1, 0.15) is 29.5 Å². The standard InChI is InChI=1S/C23H28Cl2N2O4S/c1-16-5-6-17(2)22(12-16)31-11-9-26-23(28)19-4-3-10-27(14-19)32(29,30)15-18-7-8-20(24)21(25)13-18/h5-8,12-13,19H,3-4,9-11,14-15H2,1-2H3,(H,26,28). The fourth-order valence-corrected chi connectivity index (χ4v) is 5.60. The Labute approximate surface area is 199 Å². The zero-order valence-electron chi connectivity index (χ0n) is 18.2. The van der Waals surface area contributed by atoms with E-state index in [4.69, 9.17) is 27.9 Å². The van der Waals surface area contributed by atoms with Crippen molar-refractivity contribution in [2.45, 2.75) is 32.4 Å². The van der Waals surface area contributed by atoms with Crippen molar-refractivity contribution in [3.8, 4) is 5.75 Å². The molecule has 2 aromatic carbocycles. The summed E-state index contributed by atoms with van der Waals surface area (Å²) >= 11 is 11.9. The molecule has 32 heavy (non-hydrogen) atoms. The number of rotatable bonds is 8. The summed E-state index contributed by atoms with van der Waals surface area (Å²) in [6.07, 6.45) is 1.29. The molecule has 1 unspecified atom stereocenters. The Hall–Kier alpha value is -1.80. The first-order valence-electron chi connectivity index (χ1n) is 10.6. The molecule has 6 nitrogen and oxygen atoms in total. The molecule has 1 N–H and O–H groups in total. The fourth-order valence-electron chi connectivity index (χ4n) is 3.68. The molecule has 174 valence electrons. The van der Waals surface area contributed by atoms with Crippen molar-refractivity contribution >= 4 is 39.1 Å². The van der Waals surface area contributed by atoms with Gasteiger partial charge in [-0.25, -0.2) is 12.7 Å². The third-order valence-electron chi connectivity index (χ3n) is 5.48. The molecule has 3 rings (SSSR count). The van der Waals surface area contributed by atoms with E-state index in [-0.39, 0.29) is 24.1 Å². The second-order valence-electron chi connectivity index (χ2n) is 8.11. The predicted octanol–water partition coefficient (Wildman–Crippen LogP) is 4.35. The van der Waals surface area contributed by atoms with Gasteiger partial charge in [0.2, 0.25) is 15.9 Å². The summed E-state index contributed by atoms with van der Waals surface area (Å²) in [6, 6.07) is 10.8. The summed E-state index contributed by atoms with van der Waals surface area (Å²) in [5, 5.41) is 3.57. The lowest BCUT2D eigenvalue weighted by molar-refractivity contribution is -0.126. The number of aryl methyl sites for hydroxylation is 2. The van der Waals surface area contributed by atoms with Crippen LogP contribution in [0, 0.1) is 19.8 Å². The van der Waals surface area contributed by atoms with Gasteiger partial charge >= 0.3 is 0 Å². The molecule has 1 aliphatic rings. The maximum absolute atomic E-state index is 12.9. The van der Waals surface area contributed by atoms with Gasteiger partial charge in [0.05, 0.1) is 28.3 Å². The Morgan fingerprint density at radius 2 is 1.94 bits per heavy atom. The van der Waals surface area contributed by atoms with Crippen LogP contribution in [0.5, 0.6) is 5.75 Å². The van der Waals surface area contributed by atoms with Gasteiger partial charge in [0.1, 0.15) is 12.4 Å². The van der Waals surface area contributed by atoms with E-state index in [2.05, 4.69) is 5.32 Å². The van der Waals surface area contributed by atoms with Crippen molar-refractivity contribution < 1.29 is 17.9 Å². The van der Waals surface area contributed by atoms with E-state index >= 15 is 0 Å². The van der Waals surface area contributed by atoms with E-state index in [1.54, 1.807) is 18.2 Å². The minimum Gasteiger partial charge on any atom is -0.491 e. The number of piperidine rings is 1. The number of nitrogens with zero attached hydrogens (tertiary/aromatic N) is 1. The largest absolute Gasteiger partial charge is 0.491 e. The van der Waals surface area contributed by atoms with E-state index in [0.717, 1.165) is 16.9 Å². The van der Waals surface area contributed by atoms with E-state index in [9.17, 15) is 13.2 Å². The zero-order valence-corrected chi connectivity index (χ0v) is 20.6. The Kier molecular flexibility index (Phi) is 8.44. The average Bonchev–Trinajstić information content (AvgIpc) is 2.76. The second-order valence-corrected chi connectivity index (χ2v) is 10.9. The number of carbonyl (C=O) groups is 1. The lowest BCUT2D eigenvalue weighted by Crippen LogP contribution is -2.46. The molecule has 0 aliphatic carbocycles. The van der Waals surface area contributed by atoms with Crippen LogP contribution in [-0.4, -0.2) is 44.9 Å². The second kappa shape index (κ2) is 10.9. The van der Waals surface area contributed by atoms with Crippen LogP contribution in [0.25, 0.3) is 0 Å². The smallest absolute Gasteiger partial charge is 0.224 e. The van der Waals surface area contributed by atoms with E-state index in [0.29, 0.717) is 48.1 Å². The van der Waals surface area contributed by atoms with Crippen LogP contribution in [0.15, 0.2) is 36.4 Å². The summed E-state index contributed by atoms with van der Waals surface area (Å²) in [5.41, 5.74) is 2.71. The molecular weight excluding hydrogens is 471 g/mol. The van der Waals surface area contributed by atoms with E-state index in [1.807, 2.05) is 32.0 Å². The van der Waals surface area contributed by atoms with Crippen LogP contribution >= 0.6 is 23.2 Å². The van der Waals surface area contributed by atoms with Crippen molar-refractivity contribution in [1.29, 1.82) is 0 Å².